The minimum atomic E-state index is -4.12. The van der Waals surface area contributed by atoms with E-state index in [0.717, 1.165) is 0 Å². The maximum Gasteiger partial charge on any atom is 0.224 e. The number of primary sulfonamides is 1. The average Bonchev–Trinajstić information content (AvgIpc) is 2.36. The summed E-state index contributed by atoms with van der Waals surface area (Å²) in [6.45, 7) is 1.31. The van der Waals surface area contributed by atoms with Gasteiger partial charge in [-0.2, -0.15) is 0 Å². The first-order chi connectivity index (χ1) is 9.27. The summed E-state index contributed by atoms with van der Waals surface area (Å²) in [6, 6.07) is 2.89. The van der Waals surface area contributed by atoms with Gasteiger partial charge in [0.1, 0.15) is 11.0 Å². The van der Waals surface area contributed by atoms with Gasteiger partial charge in [-0.05, 0) is 25.5 Å². The summed E-state index contributed by atoms with van der Waals surface area (Å²) in [7, 11) is -2.80. The van der Waals surface area contributed by atoms with E-state index in [1.165, 1.54) is 32.4 Å². The molecule has 1 unspecified atom stereocenters. The zero-order valence-electron chi connectivity index (χ0n) is 11.2. The Balaban J connectivity index is 3.14. The van der Waals surface area contributed by atoms with Crippen LogP contribution in [0.3, 0.4) is 0 Å². The maximum atomic E-state index is 12.3. The lowest BCUT2D eigenvalue weighted by Gasteiger charge is -2.14. The van der Waals surface area contributed by atoms with Crippen molar-refractivity contribution in [1.82, 2.24) is 4.98 Å². The third kappa shape index (κ3) is 4.10. The normalized spacial score (nSPS) is 12.8. The van der Waals surface area contributed by atoms with Crippen LogP contribution in [0, 0.1) is 0 Å². The van der Waals surface area contributed by atoms with Crippen molar-refractivity contribution in [1.29, 1.82) is 0 Å². The molecule has 0 radical (unpaired) electrons. The van der Waals surface area contributed by atoms with Crippen molar-refractivity contribution < 1.29 is 22.7 Å². The average molecular weight is 300 g/mol. The highest BCUT2D eigenvalue weighted by atomic mass is 32.2. The minimum absolute atomic E-state index is 0.0222. The molecule has 1 aromatic heterocycles. The summed E-state index contributed by atoms with van der Waals surface area (Å²) in [4.78, 5) is 27.1. The van der Waals surface area contributed by atoms with E-state index in [0.29, 0.717) is 0 Å². The molecule has 0 bridgehead atoms. The molecule has 8 heteroatoms. The Labute approximate surface area is 117 Å². The predicted molar refractivity (Wildman–Crippen MR) is 71.9 cm³/mol. The first kappa shape index (κ1) is 16.3. The fourth-order valence-corrected chi connectivity index (χ4v) is 2.57. The molecule has 2 N–H and O–H groups in total. The van der Waals surface area contributed by atoms with Gasteiger partial charge in [-0.15, -0.1) is 0 Å². The van der Waals surface area contributed by atoms with Crippen LogP contribution in [-0.2, 0) is 14.8 Å². The molecule has 1 atom stereocenters. The van der Waals surface area contributed by atoms with Crippen LogP contribution < -0.4 is 9.88 Å². The number of carbonyl (C=O) groups excluding carboxylic acids is 2. The van der Waals surface area contributed by atoms with Crippen molar-refractivity contribution in [3.8, 4) is 5.88 Å². The van der Waals surface area contributed by atoms with Crippen molar-refractivity contribution in [2.75, 3.05) is 7.11 Å². The predicted octanol–water partition coefficient (Wildman–Crippen LogP) is 0.299. The van der Waals surface area contributed by atoms with Crippen LogP contribution in [0.25, 0.3) is 0 Å². The van der Waals surface area contributed by atoms with E-state index in [9.17, 15) is 18.0 Å². The van der Waals surface area contributed by atoms with Gasteiger partial charge in [0.2, 0.25) is 15.9 Å². The highest BCUT2D eigenvalue weighted by Gasteiger charge is 2.32. The van der Waals surface area contributed by atoms with E-state index in [1.54, 1.807) is 0 Å². The molecule has 110 valence electrons. The Morgan fingerprint density at radius 3 is 2.60 bits per heavy atom. The van der Waals surface area contributed by atoms with Gasteiger partial charge in [-0.1, -0.05) is 0 Å². The lowest BCUT2D eigenvalue weighted by Crippen LogP contribution is -2.36. The number of ketones is 2. The van der Waals surface area contributed by atoms with Crippen LogP contribution in [0.1, 0.15) is 30.1 Å². The van der Waals surface area contributed by atoms with Gasteiger partial charge in [0.15, 0.2) is 5.78 Å². The molecule has 0 aliphatic heterocycles. The number of rotatable bonds is 7. The molecular weight excluding hydrogens is 284 g/mol. The van der Waals surface area contributed by atoms with Gasteiger partial charge in [0.25, 0.3) is 0 Å². The second-order valence-electron chi connectivity index (χ2n) is 4.24. The highest BCUT2D eigenvalue weighted by molar-refractivity contribution is 7.90. The molecule has 0 saturated heterocycles. The largest absolute Gasteiger partial charge is 0.480 e. The van der Waals surface area contributed by atoms with Gasteiger partial charge in [0.05, 0.1) is 12.7 Å². The molecular formula is C12H16N2O5S. The van der Waals surface area contributed by atoms with Crippen molar-refractivity contribution >= 4 is 21.6 Å². The van der Waals surface area contributed by atoms with E-state index >= 15 is 0 Å². The zero-order chi connectivity index (χ0) is 15.3. The molecule has 0 fully saturated rings. The Morgan fingerprint density at radius 2 is 2.10 bits per heavy atom. The molecule has 0 aromatic carbocycles. The van der Waals surface area contributed by atoms with Crippen LogP contribution >= 0.6 is 0 Å². The number of Topliss-reactive ketones (excluding diaryl/α,β-unsaturated/α-hetero) is 2. The second kappa shape index (κ2) is 6.58. The summed E-state index contributed by atoms with van der Waals surface area (Å²) in [5, 5.41) is 3.59. The quantitative estimate of drug-likeness (QED) is 0.724. The van der Waals surface area contributed by atoms with E-state index in [4.69, 9.17) is 9.88 Å². The number of ether oxygens (including phenoxy) is 1. The molecule has 1 heterocycles. The molecule has 1 rings (SSSR count). The molecule has 7 nitrogen and oxygen atoms in total. The van der Waals surface area contributed by atoms with Gasteiger partial charge in [0, 0.05) is 12.6 Å². The van der Waals surface area contributed by atoms with Crippen LogP contribution in [-0.4, -0.2) is 37.3 Å². The Kier molecular flexibility index (Phi) is 5.34. The Morgan fingerprint density at radius 1 is 1.45 bits per heavy atom. The SMILES string of the molecule is COc1ncccc1C(=O)C(CCC(C)=O)S(N)(=O)=O. The Hall–Kier alpha value is -1.80. The maximum absolute atomic E-state index is 12.3. The van der Waals surface area contributed by atoms with E-state index in [2.05, 4.69) is 4.98 Å². The molecule has 0 aliphatic rings. The zero-order valence-corrected chi connectivity index (χ0v) is 12.0. The summed E-state index contributed by atoms with van der Waals surface area (Å²) in [5.41, 5.74) is 0.0255. The number of carbonyl (C=O) groups is 2. The molecule has 0 amide bonds. The minimum Gasteiger partial charge on any atom is -0.480 e. The number of nitrogens with two attached hydrogens (primary N) is 1. The van der Waals surface area contributed by atoms with Gasteiger partial charge in [-0.25, -0.2) is 18.5 Å². The first-order valence-electron chi connectivity index (χ1n) is 5.81. The van der Waals surface area contributed by atoms with Crippen LogP contribution in [0.5, 0.6) is 5.88 Å². The van der Waals surface area contributed by atoms with Gasteiger partial charge >= 0.3 is 0 Å². The van der Waals surface area contributed by atoms with E-state index in [-0.39, 0.29) is 30.1 Å². The fraction of sp³-hybridized carbons (Fsp3) is 0.417. The second-order valence-corrected chi connectivity index (χ2v) is 5.99. The van der Waals surface area contributed by atoms with Crippen molar-refractivity contribution in [2.45, 2.75) is 25.0 Å². The topological polar surface area (TPSA) is 116 Å². The summed E-state index contributed by atoms with van der Waals surface area (Å²) in [6.07, 6.45) is 1.21. The van der Waals surface area contributed by atoms with Crippen molar-refractivity contribution in [2.24, 2.45) is 5.14 Å². The molecule has 0 saturated carbocycles. The summed E-state index contributed by atoms with van der Waals surface area (Å²) in [5.74, 6) is -0.919. The summed E-state index contributed by atoms with van der Waals surface area (Å²) < 4.78 is 28.0. The van der Waals surface area contributed by atoms with Crippen LogP contribution in [0.15, 0.2) is 18.3 Å². The molecule has 20 heavy (non-hydrogen) atoms. The van der Waals surface area contributed by atoms with Gasteiger partial charge in [-0.3, -0.25) is 4.79 Å². The first-order valence-corrected chi connectivity index (χ1v) is 7.42. The standard InChI is InChI=1S/C12H16N2O5S/c1-8(15)5-6-10(20(13,17)18)11(16)9-4-3-7-14-12(9)19-2/h3-4,7,10H,5-6H2,1-2H3,(H2,13,17,18). The van der Waals surface area contributed by atoms with Crippen LogP contribution in [0.2, 0.25) is 0 Å². The van der Waals surface area contributed by atoms with Gasteiger partial charge < -0.3 is 9.53 Å². The van der Waals surface area contributed by atoms with Crippen molar-refractivity contribution in [3.63, 3.8) is 0 Å². The highest BCUT2D eigenvalue weighted by Crippen LogP contribution is 2.20. The number of hydrogen-bond donors (Lipinski definition) is 1. The van der Waals surface area contributed by atoms with E-state index < -0.39 is 21.1 Å². The monoisotopic (exact) mass is 300 g/mol. The molecule has 1 aromatic rings. The number of sulfonamides is 1. The number of methoxy groups -OCH3 is 1. The number of nitrogens with zero attached hydrogens (tertiary/aromatic N) is 1. The third-order valence-electron chi connectivity index (χ3n) is 2.68. The van der Waals surface area contributed by atoms with Crippen LogP contribution in [0.4, 0.5) is 0 Å². The number of pyridine rings is 1. The number of hydrogen-bond acceptors (Lipinski definition) is 6. The third-order valence-corrected chi connectivity index (χ3v) is 3.92. The lowest BCUT2D eigenvalue weighted by atomic mass is 10.1. The molecule has 0 aliphatic carbocycles. The molecule has 0 spiro atoms. The van der Waals surface area contributed by atoms with E-state index in [1.807, 2.05) is 0 Å². The smallest absolute Gasteiger partial charge is 0.224 e. The number of aromatic nitrogens is 1. The fourth-order valence-electron chi connectivity index (χ4n) is 1.69. The Bertz CT molecular complexity index is 612. The lowest BCUT2D eigenvalue weighted by molar-refractivity contribution is -0.117. The summed E-state index contributed by atoms with van der Waals surface area (Å²) >= 11 is 0. The van der Waals surface area contributed by atoms with Crippen molar-refractivity contribution in [3.05, 3.63) is 23.9 Å².